The summed E-state index contributed by atoms with van der Waals surface area (Å²) in [7, 11) is 1.71. The molecular weight excluding hydrogens is 338 g/mol. The van der Waals surface area contributed by atoms with Gasteiger partial charge < -0.3 is 10.2 Å². The van der Waals surface area contributed by atoms with Crippen molar-refractivity contribution in [3.63, 3.8) is 0 Å². The lowest BCUT2D eigenvalue weighted by Gasteiger charge is -2.06. The van der Waals surface area contributed by atoms with E-state index in [4.69, 9.17) is 11.6 Å². The molecule has 1 aromatic carbocycles. The van der Waals surface area contributed by atoms with Crippen molar-refractivity contribution < 1.29 is 10.2 Å². The molecule has 0 amide bonds. The second-order valence-corrected chi connectivity index (χ2v) is 6.51. The molecular formula is C15H14ClN3O3S. The number of aromatic nitrogens is 3. The number of hydrogen-bond acceptors (Lipinski definition) is 6. The van der Waals surface area contributed by atoms with Crippen molar-refractivity contribution >= 4 is 34.0 Å². The van der Waals surface area contributed by atoms with Crippen molar-refractivity contribution in [1.29, 1.82) is 0 Å². The Balaban J connectivity index is 2.30. The van der Waals surface area contributed by atoms with Gasteiger partial charge in [0.05, 0.1) is 16.3 Å². The van der Waals surface area contributed by atoms with Crippen molar-refractivity contribution in [1.82, 2.24) is 14.8 Å². The summed E-state index contributed by atoms with van der Waals surface area (Å²) < 4.78 is 1.35. The smallest absolute Gasteiger partial charge is 0.261 e. The number of benzene rings is 1. The minimum atomic E-state index is -0.227. The molecule has 6 nitrogen and oxygen atoms in total. The van der Waals surface area contributed by atoms with Gasteiger partial charge in [-0.3, -0.25) is 9.48 Å². The van der Waals surface area contributed by atoms with E-state index < -0.39 is 0 Å². The first-order valence-corrected chi connectivity index (χ1v) is 8.20. The molecule has 3 rings (SSSR count). The largest absolute Gasteiger partial charge is 0.507 e. The Bertz CT molecular complexity index is 965. The van der Waals surface area contributed by atoms with Gasteiger partial charge in [-0.05, 0) is 12.5 Å². The third-order valence-corrected chi connectivity index (χ3v) is 4.66. The molecule has 23 heavy (non-hydrogen) atoms. The predicted molar refractivity (Wildman–Crippen MR) is 90.4 cm³/mol. The van der Waals surface area contributed by atoms with E-state index in [9.17, 15) is 15.0 Å². The fourth-order valence-corrected chi connectivity index (χ4v) is 3.49. The third kappa shape index (κ3) is 2.66. The summed E-state index contributed by atoms with van der Waals surface area (Å²) in [6.45, 7) is 2.02. The topological polar surface area (TPSA) is 88.2 Å². The van der Waals surface area contributed by atoms with Crippen LogP contribution in [0, 0.1) is 0 Å². The highest BCUT2D eigenvalue weighted by molar-refractivity contribution is 7.13. The minimum absolute atomic E-state index is 0.0827. The number of phenols is 2. The van der Waals surface area contributed by atoms with E-state index in [2.05, 4.69) is 10.1 Å². The van der Waals surface area contributed by atoms with Crippen molar-refractivity contribution in [3.8, 4) is 22.1 Å². The molecule has 0 aliphatic carbocycles. The third-order valence-electron chi connectivity index (χ3n) is 3.47. The number of rotatable bonds is 3. The first-order valence-electron chi connectivity index (χ1n) is 7.01. The second-order valence-electron chi connectivity index (χ2n) is 5.14. The van der Waals surface area contributed by atoms with E-state index in [0.717, 1.165) is 29.5 Å². The lowest BCUT2D eigenvalue weighted by atomic mass is 10.2. The van der Waals surface area contributed by atoms with Crippen molar-refractivity contribution in [3.05, 3.63) is 32.4 Å². The fourth-order valence-electron chi connectivity index (χ4n) is 2.42. The molecule has 0 fully saturated rings. The molecule has 0 spiro atoms. The summed E-state index contributed by atoms with van der Waals surface area (Å²) >= 11 is 6.81. The van der Waals surface area contributed by atoms with Crippen LogP contribution >= 0.6 is 22.9 Å². The Kier molecular flexibility index (Phi) is 3.99. The number of nitrogens with zero attached hydrogens (tertiary/aromatic N) is 3. The van der Waals surface area contributed by atoms with Gasteiger partial charge in [-0.15, -0.1) is 0 Å². The SMILES string of the molecule is CCCc1nn(C)c2c(=O)sc(-c3cc(Cl)c(O)cc3O)nc12. The highest BCUT2D eigenvalue weighted by atomic mass is 35.5. The number of aryl methyl sites for hydroxylation is 2. The second kappa shape index (κ2) is 5.82. The maximum Gasteiger partial charge on any atom is 0.261 e. The Morgan fingerprint density at radius 1 is 1.30 bits per heavy atom. The minimum Gasteiger partial charge on any atom is -0.507 e. The zero-order chi connectivity index (χ0) is 16.7. The molecule has 0 bridgehead atoms. The summed E-state index contributed by atoms with van der Waals surface area (Å²) in [5.41, 5.74) is 2.05. The Labute approximate surface area is 140 Å². The number of halogens is 1. The van der Waals surface area contributed by atoms with Crippen LogP contribution in [0.4, 0.5) is 0 Å². The van der Waals surface area contributed by atoms with Gasteiger partial charge in [-0.2, -0.15) is 5.10 Å². The average Bonchev–Trinajstić information content (AvgIpc) is 2.80. The van der Waals surface area contributed by atoms with Crippen LogP contribution in [0.15, 0.2) is 16.9 Å². The molecule has 8 heteroatoms. The standard InChI is InChI=1S/C15H14ClN3O3S/c1-3-4-9-12-13(19(2)18-9)15(22)23-14(17-12)7-5-8(16)11(21)6-10(7)20/h5-6,20-21H,3-4H2,1-2H3. The van der Waals surface area contributed by atoms with Crippen molar-refractivity contribution in [2.24, 2.45) is 7.05 Å². The highest BCUT2D eigenvalue weighted by Gasteiger charge is 2.18. The van der Waals surface area contributed by atoms with Crippen LogP contribution in [-0.4, -0.2) is 25.0 Å². The zero-order valence-electron chi connectivity index (χ0n) is 12.5. The maximum atomic E-state index is 12.4. The normalized spacial score (nSPS) is 11.3. The van der Waals surface area contributed by atoms with Gasteiger partial charge in [-0.25, -0.2) is 4.98 Å². The van der Waals surface area contributed by atoms with Crippen LogP contribution in [0.2, 0.25) is 5.02 Å². The molecule has 2 heterocycles. The van der Waals surface area contributed by atoms with E-state index in [0.29, 0.717) is 28.0 Å². The fraction of sp³-hybridized carbons (Fsp3) is 0.267. The molecule has 0 atom stereocenters. The van der Waals surface area contributed by atoms with Crippen LogP contribution in [0.25, 0.3) is 21.6 Å². The van der Waals surface area contributed by atoms with Crippen LogP contribution in [0.3, 0.4) is 0 Å². The summed E-state index contributed by atoms with van der Waals surface area (Å²) in [6.07, 6.45) is 1.59. The Morgan fingerprint density at radius 3 is 2.74 bits per heavy atom. The number of fused-ring (bicyclic) bond motifs is 1. The summed E-state index contributed by atoms with van der Waals surface area (Å²) in [6, 6.07) is 2.53. The first-order chi connectivity index (χ1) is 10.9. The van der Waals surface area contributed by atoms with Crippen LogP contribution < -0.4 is 4.74 Å². The molecule has 0 aliphatic rings. The van der Waals surface area contributed by atoms with E-state index in [1.807, 2.05) is 6.92 Å². The van der Waals surface area contributed by atoms with E-state index in [-0.39, 0.29) is 21.3 Å². The average molecular weight is 352 g/mol. The number of aromatic hydroxyl groups is 2. The molecule has 0 saturated carbocycles. The lowest BCUT2D eigenvalue weighted by molar-refractivity contribution is 0.452. The van der Waals surface area contributed by atoms with Crippen LogP contribution in [0.1, 0.15) is 19.0 Å². The van der Waals surface area contributed by atoms with Gasteiger partial charge >= 0.3 is 0 Å². The Hall–Kier alpha value is -2.12. The van der Waals surface area contributed by atoms with Gasteiger partial charge in [0.1, 0.15) is 27.5 Å². The molecule has 0 saturated heterocycles. The predicted octanol–water partition coefficient (Wildman–Crippen LogP) is 3.07. The molecule has 0 radical (unpaired) electrons. The molecule has 3 aromatic rings. The lowest BCUT2D eigenvalue weighted by Crippen LogP contribution is -2.03. The van der Waals surface area contributed by atoms with E-state index >= 15 is 0 Å². The Morgan fingerprint density at radius 2 is 2.04 bits per heavy atom. The van der Waals surface area contributed by atoms with Gasteiger partial charge in [0.2, 0.25) is 0 Å². The van der Waals surface area contributed by atoms with Crippen LogP contribution in [0.5, 0.6) is 11.5 Å². The van der Waals surface area contributed by atoms with Crippen molar-refractivity contribution in [2.45, 2.75) is 19.8 Å². The molecule has 2 aromatic heterocycles. The number of hydrogen-bond donors (Lipinski definition) is 2. The quantitative estimate of drug-likeness (QED) is 0.757. The maximum absolute atomic E-state index is 12.4. The highest BCUT2D eigenvalue weighted by Crippen LogP contribution is 2.37. The number of phenolic OH excluding ortho intramolecular Hbond substituents is 2. The zero-order valence-corrected chi connectivity index (χ0v) is 14.1. The molecule has 0 unspecified atom stereocenters. The van der Waals surface area contributed by atoms with Gasteiger partial charge in [-0.1, -0.05) is 36.3 Å². The van der Waals surface area contributed by atoms with Gasteiger partial charge in [0.25, 0.3) is 4.74 Å². The van der Waals surface area contributed by atoms with E-state index in [1.165, 1.54) is 6.07 Å². The monoisotopic (exact) mass is 351 g/mol. The molecule has 2 N–H and O–H groups in total. The summed E-state index contributed by atoms with van der Waals surface area (Å²) in [5.74, 6) is -0.412. The molecule has 0 aliphatic heterocycles. The van der Waals surface area contributed by atoms with Crippen LogP contribution in [-0.2, 0) is 13.5 Å². The summed E-state index contributed by atoms with van der Waals surface area (Å²) in [4.78, 5) is 16.9. The van der Waals surface area contributed by atoms with Gasteiger partial charge in [0, 0.05) is 13.1 Å². The molecule has 120 valence electrons. The first kappa shape index (κ1) is 15.8. The van der Waals surface area contributed by atoms with Gasteiger partial charge in [0.15, 0.2) is 0 Å². The summed E-state index contributed by atoms with van der Waals surface area (Å²) in [5, 5.41) is 24.4. The van der Waals surface area contributed by atoms with Crippen molar-refractivity contribution in [2.75, 3.05) is 0 Å². The van der Waals surface area contributed by atoms with E-state index in [1.54, 1.807) is 11.7 Å².